The van der Waals surface area contributed by atoms with Crippen molar-refractivity contribution in [1.29, 1.82) is 0 Å². The number of aromatic nitrogens is 1. The summed E-state index contributed by atoms with van der Waals surface area (Å²) in [6.07, 6.45) is 2.87. The highest BCUT2D eigenvalue weighted by Gasteiger charge is 2.10. The number of nitrogens with one attached hydrogen (secondary N) is 1. The fourth-order valence-corrected chi connectivity index (χ4v) is 3.56. The van der Waals surface area contributed by atoms with Gasteiger partial charge in [0.2, 0.25) is 0 Å². The first-order chi connectivity index (χ1) is 9.61. The Balaban J connectivity index is 2.06. The fraction of sp³-hybridized carbons (Fsp3) is 0.312. The van der Waals surface area contributed by atoms with Crippen LogP contribution in [-0.4, -0.2) is 4.98 Å². The molecule has 1 N–H and O–H groups in total. The Labute approximate surface area is 137 Å². The Kier molecular flexibility index (Phi) is 5.75. The average Bonchev–Trinajstić information content (AvgIpc) is 2.45. The molecule has 1 atom stereocenters. The highest BCUT2D eigenvalue weighted by Crippen LogP contribution is 2.27. The molecule has 2 rings (SSSR count). The van der Waals surface area contributed by atoms with E-state index in [9.17, 15) is 0 Å². The first-order valence-corrected chi connectivity index (χ1v) is 8.31. The molecule has 0 saturated heterocycles. The summed E-state index contributed by atoms with van der Waals surface area (Å²) in [5, 5.41) is 3.54. The molecule has 0 aliphatic heterocycles. The highest BCUT2D eigenvalue weighted by atomic mass is 79.9. The van der Waals surface area contributed by atoms with Crippen LogP contribution in [-0.2, 0) is 13.0 Å². The van der Waals surface area contributed by atoms with Crippen molar-refractivity contribution in [1.82, 2.24) is 10.3 Å². The highest BCUT2D eigenvalue weighted by molar-refractivity contribution is 9.11. The quantitative estimate of drug-likeness (QED) is 0.765. The van der Waals surface area contributed by atoms with E-state index in [4.69, 9.17) is 0 Å². The number of aryl methyl sites for hydroxylation is 1. The molecule has 1 aromatic heterocycles. The normalized spacial score (nSPS) is 12.4. The maximum atomic E-state index is 4.47. The van der Waals surface area contributed by atoms with E-state index in [-0.39, 0.29) is 6.04 Å². The Morgan fingerprint density at radius 2 is 2.05 bits per heavy atom. The molecule has 2 aromatic rings. The van der Waals surface area contributed by atoms with Crippen molar-refractivity contribution in [2.45, 2.75) is 32.9 Å². The molecule has 1 unspecified atom stereocenters. The van der Waals surface area contributed by atoms with Gasteiger partial charge in [0.15, 0.2) is 0 Å². The predicted molar refractivity (Wildman–Crippen MR) is 90.7 cm³/mol. The van der Waals surface area contributed by atoms with Crippen molar-refractivity contribution in [3.63, 3.8) is 0 Å². The lowest BCUT2D eigenvalue weighted by molar-refractivity contribution is 0.563. The molecule has 0 amide bonds. The summed E-state index contributed by atoms with van der Waals surface area (Å²) in [6, 6.07) is 10.7. The zero-order valence-electron chi connectivity index (χ0n) is 11.7. The van der Waals surface area contributed by atoms with Crippen LogP contribution in [0.25, 0.3) is 0 Å². The first kappa shape index (κ1) is 15.7. The Hall–Kier alpha value is -0.710. The van der Waals surface area contributed by atoms with Gasteiger partial charge in [0, 0.05) is 27.7 Å². The fourth-order valence-electron chi connectivity index (χ4n) is 2.16. The number of halogens is 2. The van der Waals surface area contributed by atoms with Crippen LogP contribution in [0.3, 0.4) is 0 Å². The summed E-state index contributed by atoms with van der Waals surface area (Å²) < 4.78 is 2.20. The molecule has 0 spiro atoms. The van der Waals surface area contributed by atoms with Gasteiger partial charge in [0.1, 0.15) is 0 Å². The molecule has 20 heavy (non-hydrogen) atoms. The number of pyridine rings is 1. The van der Waals surface area contributed by atoms with Crippen molar-refractivity contribution in [2.24, 2.45) is 0 Å². The van der Waals surface area contributed by atoms with Crippen LogP contribution in [0.2, 0.25) is 0 Å². The van der Waals surface area contributed by atoms with Gasteiger partial charge < -0.3 is 5.32 Å². The third-order valence-electron chi connectivity index (χ3n) is 3.37. The van der Waals surface area contributed by atoms with Gasteiger partial charge in [-0.25, -0.2) is 0 Å². The zero-order valence-corrected chi connectivity index (χ0v) is 14.8. The summed E-state index contributed by atoms with van der Waals surface area (Å²) in [7, 11) is 0. The van der Waals surface area contributed by atoms with Crippen molar-refractivity contribution >= 4 is 31.9 Å². The van der Waals surface area contributed by atoms with E-state index in [0.29, 0.717) is 0 Å². The number of rotatable bonds is 5. The second-order valence-electron chi connectivity index (χ2n) is 4.73. The van der Waals surface area contributed by atoms with Crippen molar-refractivity contribution in [3.05, 3.63) is 62.3 Å². The maximum absolute atomic E-state index is 4.47. The third-order valence-corrected chi connectivity index (χ3v) is 4.55. The van der Waals surface area contributed by atoms with E-state index in [2.05, 4.69) is 80.3 Å². The first-order valence-electron chi connectivity index (χ1n) is 6.73. The molecule has 0 bridgehead atoms. The molecule has 0 fully saturated rings. The van der Waals surface area contributed by atoms with Crippen molar-refractivity contribution in [3.8, 4) is 0 Å². The largest absolute Gasteiger partial charge is 0.305 e. The van der Waals surface area contributed by atoms with Crippen LogP contribution >= 0.6 is 31.9 Å². The Bertz CT molecular complexity index is 584. The van der Waals surface area contributed by atoms with E-state index in [1.165, 1.54) is 11.1 Å². The summed E-state index contributed by atoms with van der Waals surface area (Å²) >= 11 is 7.10. The summed E-state index contributed by atoms with van der Waals surface area (Å²) in [6.45, 7) is 5.12. The molecule has 0 radical (unpaired) electrons. The average molecular weight is 398 g/mol. The molecule has 1 heterocycles. The van der Waals surface area contributed by atoms with E-state index < -0.39 is 0 Å². The maximum Gasteiger partial charge on any atom is 0.0573 e. The molecule has 4 heteroatoms. The SMILES string of the molecule is CCc1cccnc1CNC(C)c1ccc(Br)cc1Br. The molecule has 1 aromatic carbocycles. The van der Waals surface area contributed by atoms with E-state index >= 15 is 0 Å². The Morgan fingerprint density at radius 3 is 2.75 bits per heavy atom. The van der Waals surface area contributed by atoms with E-state index in [0.717, 1.165) is 27.6 Å². The van der Waals surface area contributed by atoms with Crippen LogP contribution in [0.5, 0.6) is 0 Å². The zero-order chi connectivity index (χ0) is 14.5. The van der Waals surface area contributed by atoms with Gasteiger partial charge in [-0.15, -0.1) is 0 Å². The molecule has 0 saturated carbocycles. The van der Waals surface area contributed by atoms with Crippen LogP contribution in [0, 0.1) is 0 Å². The van der Waals surface area contributed by atoms with Gasteiger partial charge >= 0.3 is 0 Å². The molecule has 0 aliphatic rings. The Morgan fingerprint density at radius 1 is 1.25 bits per heavy atom. The summed E-state index contributed by atoms with van der Waals surface area (Å²) in [4.78, 5) is 4.47. The minimum atomic E-state index is 0.268. The summed E-state index contributed by atoms with van der Waals surface area (Å²) in [5.74, 6) is 0. The lowest BCUT2D eigenvalue weighted by Crippen LogP contribution is -2.20. The van der Waals surface area contributed by atoms with Crippen LogP contribution < -0.4 is 5.32 Å². The van der Waals surface area contributed by atoms with Gasteiger partial charge in [-0.1, -0.05) is 50.9 Å². The van der Waals surface area contributed by atoms with Gasteiger partial charge in [-0.3, -0.25) is 4.98 Å². The van der Waals surface area contributed by atoms with Crippen molar-refractivity contribution < 1.29 is 0 Å². The van der Waals surface area contributed by atoms with Crippen LogP contribution in [0.4, 0.5) is 0 Å². The van der Waals surface area contributed by atoms with Crippen molar-refractivity contribution in [2.75, 3.05) is 0 Å². The van der Waals surface area contributed by atoms with E-state index in [1.807, 2.05) is 12.3 Å². The minimum Gasteiger partial charge on any atom is -0.305 e. The van der Waals surface area contributed by atoms with Gasteiger partial charge in [-0.05, 0) is 42.7 Å². The summed E-state index contributed by atoms with van der Waals surface area (Å²) in [5.41, 5.74) is 3.69. The second kappa shape index (κ2) is 7.34. The number of hydrogen-bond acceptors (Lipinski definition) is 2. The predicted octanol–water partition coefficient (Wildman–Crippen LogP) is 5.02. The van der Waals surface area contributed by atoms with E-state index in [1.54, 1.807) is 0 Å². The number of hydrogen-bond donors (Lipinski definition) is 1. The van der Waals surface area contributed by atoms with Crippen LogP contribution in [0.1, 0.15) is 36.7 Å². The monoisotopic (exact) mass is 396 g/mol. The molecular formula is C16H18Br2N2. The molecule has 2 nitrogen and oxygen atoms in total. The lowest BCUT2D eigenvalue weighted by atomic mass is 10.1. The topological polar surface area (TPSA) is 24.9 Å². The second-order valence-corrected chi connectivity index (χ2v) is 6.50. The van der Waals surface area contributed by atoms with Gasteiger partial charge in [0.25, 0.3) is 0 Å². The third kappa shape index (κ3) is 3.90. The standard InChI is InChI=1S/C16H18Br2N2/c1-3-12-5-4-8-19-16(12)10-20-11(2)14-7-6-13(17)9-15(14)18/h4-9,11,20H,3,10H2,1-2H3. The number of nitrogens with zero attached hydrogens (tertiary/aromatic N) is 1. The molecule has 106 valence electrons. The molecular weight excluding hydrogens is 380 g/mol. The van der Waals surface area contributed by atoms with Gasteiger partial charge in [-0.2, -0.15) is 0 Å². The lowest BCUT2D eigenvalue weighted by Gasteiger charge is -2.17. The number of benzene rings is 1. The smallest absolute Gasteiger partial charge is 0.0573 e. The minimum absolute atomic E-state index is 0.268. The molecule has 0 aliphatic carbocycles. The van der Waals surface area contributed by atoms with Crippen LogP contribution in [0.15, 0.2) is 45.5 Å². The van der Waals surface area contributed by atoms with Gasteiger partial charge in [0.05, 0.1) is 5.69 Å².